The van der Waals surface area contributed by atoms with Crippen molar-refractivity contribution in [2.45, 2.75) is 141 Å². The SMILES string of the molecule is C=[N+](CCCC(=O)NCCOCCOCC(=O)NCCOCCOCC(=O)[N+](=C)CC(=O)[N+](=C)C(CCC(=O)OC)C(C)=O)C(=O)CCCCCCCCCCCCCCCCCO. The van der Waals surface area contributed by atoms with Gasteiger partial charge in [-0.1, -0.05) is 83.5 Å². The minimum absolute atomic E-state index is 0.0146. The molecule has 0 radical (unpaired) electrons. The summed E-state index contributed by atoms with van der Waals surface area (Å²) in [7, 11) is 1.22. The number of esters is 1. The van der Waals surface area contributed by atoms with Gasteiger partial charge in [-0.15, -0.1) is 0 Å². The second-order valence-corrected chi connectivity index (χ2v) is 15.8. The summed E-state index contributed by atoms with van der Waals surface area (Å²) in [6.45, 7) is 13.8. The summed E-state index contributed by atoms with van der Waals surface area (Å²) >= 11 is 0. The van der Waals surface area contributed by atoms with E-state index in [1.165, 1.54) is 82.8 Å². The number of unbranched alkanes of at least 4 members (excludes halogenated alkanes) is 14. The molecule has 1 atom stereocenters. The van der Waals surface area contributed by atoms with E-state index >= 15 is 0 Å². The minimum Gasteiger partial charge on any atom is -0.469 e. The average Bonchev–Trinajstić information content (AvgIpc) is 3.27. The van der Waals surface area contributed by atoms with Crippen LogP contribution in [0.4, 0.5) is 0 Å². The van der Waals surface area contributed by atoms with E-state index in [1.807, 2.05) is 0 Å². The van der Waals surface area contributed by atoms with Crippen LogP contribution in [-0.2, 0) is 57.2 Å². The Labute approximate surface area is 381 Å². The Bertz CT molecular complexity index is 1410. The van der Waals surface area contributed by atoms with Gasteiger partial charge < -0.3 is 39.4 Å². The van der Waals surface area contributed by atoms with Gasteiger partial charge in [0, 0.05) is 45.9 Å². The Morgan fingerprint density at radius 2 is 1.02 bits per heavy atom. The summed E-state index contributed by atoms with van der Waals surface area (Å²) in [5, 5.41) is 14.2. The number of ketones is 1. The molecule has 0 aromatic rings. The summed E-state index contributed by atoms with van der Waals surface area (Å²) in [4.78, 5) is 84.7. The monoisotopic (exact) mass is 913 g/mol. The number of Topliss-reactive ketones (excluding diaryl/α,β-unsaturated/α-hetero) is 1. The zero-order valence-corrected chi connectivity index (χ0v) is 39.2. The number of aliphatic hydroxyl groups is 1. The molecule has 0 heterocycles. The van der Waals surface area contributed by atoms with Gasteiger partial charge in [0.2, 0.25) is 17.9 Å². The molecule has 0 aliphatic rings. The van der Waals surface area contributed by atoms with Crippen molar-refractivity contribution < 1.29 is 76.1 Å². The van der Waals surface area contributed by atoms with Crippen LogP contribution in [-0.4, -0.2) is 179 Å². The van der Waals surface area contributed by atoms with E-state index in [9.17, 15) is 33.6 Å². The zero-order chi connectivity index (χ0) is 47.6. The molecule has 5 amide bonds. The number of amides is 5. The van der Waals surface area contributed by atoms with Crippen LogP contribution in [0.2, 0.25) is 0 Å². The van der Waals surface area contributed by atoms with Gasteiger partial charge in [-0.25, -0.2) is 14.4 Å². The van der Waals surface area contributed by atoms with Crippen LogP contribution in [0.3, 0.4) is 0 Å². The number of hydrogen-bond donors (Lipinski definition) is 3. The van der Waals surface area contributed by atoms with Gasteiger partial charge in [-0.2, -0.15) is 13.7 Å². The van der Waals surface area contributed by atoms with Gasteiger partial charge in [0.05, 0.1) is 59.6 Å². The van der Waals surface area contributed by atoms with E-state index in [0.717, 1.165) is 41.3 Å². The number of hydrogen-bond acceptors (Lipinski definition) is 13. The molecule has 0 bridgehead atoms. The first-order valence-corrected chi connectivity index (χ1v) is 23.2. The Morgan fingerprint density at radius 3 is 1.53 bits per heavy atom. The fraction of sp³-hybridized carbons (Fsp3) is 0.783. The van der Waals surface area contributed by atoms with Crippen LogP contribution < -0.4 is 10.6 Å². The number of nitrogens with one attached hydrogen (secondary N) is 2. The van der Waals surface area contributed by atoms with Crippen LogP contribution in [0, 0.1) is 0 Å². The maximum atomic E-state index is 12.5. The van der Waals surface area contributed by atoms with Crippen molar-refractivity contribution in [3.05, 3.63) is 0 Å². The van der Waals surface area contributed by atoms with Crippen molar-refractivity contribution >= 4 is 61.4 Å². The lowest BCUT2D eigenvalue weighted by Gasteiger charge is -2.09. The minimum atomic E-state index is -0.950. The van der Waals surface area contributed by atoms with E-state index in [-0.39, 0.29) is 102 Å². The second-order valence-electron chi connectivity index (χ2n) is 15.8. The molecular formula is C46H82N5O13+3. The smallest absolute Gasteiger partial charge is 0.452 e. The van der Waals surface area contributed by atoms with Crippen molar-refractivity contribution in [3.63, 3.8) is 0 Å². The van der Waals surface area contributed by atoms with Gasteiger partial charge in [0.1, 0.15) is 26.8 Å². The first kappa shape index (κ1) is 59.9. The number of nitrogens with zero attached hydrogens (tertiary/aromatic N) is 3. The molecule has 0 fully saturated rings. The molecule has 0 aliphatic heterocycles. The number of carbonyl (C=O) groups is 7. The number of methoxy groups -OCH3 is 1. The number of rotatable bonds is 44. The van der Waals surface area contributed by atoms with Crippen molar-refractivity contribution in [2.75, 3.05) is 92.8 Å². The van der Waals surface area contributed by atoms with Gasteiger partial charge in [0.15, 0.2) is 18.9 Å². The van der Waals surface area contributed by atoms with E-state index in [4.69, 9.17) is 24.1 Å². The zero-order valence-electron chi connectivity index (χ0n) is 39.2. The number of ether oxygens (including phenoxy) is 5. The molecule has 0 aromatic heterocycles. The maximum Gasteiger partial charge on any atom is 0.452 e. The van der Waals surface area contributed by atoms with Gasteiger partial charge in [-0.3, -0.25) is 19.2 Å². The standard InChI is InChI=1S/C46H80N5O13/c1-39(53)40(24-25-46(59)60-5)51(4)44(57)36-50(3)45(58)38-64-35-33-62-31-27-48-42(55)37-63-34-32-61-30-26-47-41(54)22-21-28-49(2)43(56)23-19-17-15-13-11-9-7-6-8-10-12-14-16-18-20-29-52/h40,52H,2-4,6-38H2,1,5H3/q+1/p+2. The highest BCUT2D eigenvalue weighted by atomic mass is 16.5. The average molecular weight is 913 g/mol. The number of carbonyl (C=O) groups excluding carboxylic acids is 7. The van der Waals surface area contributed by atoms with E-state index in [0.29, 0.717) is 32.5 Å². The maximum absolute atomic E-state index is 12.5. The van der Waals surface area contributed by atoms with Crippen molar-refractivity contribution in [3.8, 4) is 0 Å². The third-order valence-electron chi connectivity index (χ3n) is 10.3. The second kappa shape index (κ2) is 41.6. The largest absolute Gasteiger partial charge is 0.469 e. The first-order chi connectivity index (χ1) is 30.8. The van der Waals surface area contributed by atoms with Gasteiger partial charge >= 0.3 is 23.7 Å². The highest BCUT2D eigenvalue weighted by Gasteiger charge is 2.34. The molecule has 0 saturated carbocycles. The predicted molar refractivity (Wildman–Crippen MR) is 242 cm³/mol. The molecule has 0 spiro atoms. The molecule has 0 aromatic carbocycles. The van der Waals surface area contributed by atoms with Crippen LogP contribution in [0.25, 0.3) is 0 Å². The van der Waals surface area contributed by atoms with E-state index < -0.39 is 30.4 Å². The molecule has 0 rings (SSSR count). The predicted octanol–water partition coefficient (Wildman–Crippen LogP) is 2.93. The Hall–Kier alpha value is -4.10. The fourth-order valence-electron chi connectivity index (χ4n) is 6.37. The molecule has 0 saturated heterocycles. The molecular weight excluding hydrogens is 831 g/mol. The summed E-state index contributed by atoms with van der Waals surface area (Å²) in [5.74, 6) is -2.55. The van der Waals surface area contributed by atoms with Crippen LogP contribution >= 0.6 is 0 Å². The van der Waals surface area contributed by atoms with Gasteiger partial charge in [0.25, 0.3) is 6.54 Å². The quantitative estimate of drug-likeness (QED) is 0.0347. The summed E-state index contributed by atoms with van der Waals surface area (Å²) in [6, 6.07) is -0.950. The Kier molecular flexibility index (Phi) is 38.9. The van der Waals surface area contributed by atoms with Crippen LogP contribution in [0.15, 0.2) is 0 Å². The van der Waals surface area contributed by atoms with Crippen molar-refractivity contribution in [2.24, 2.45) is 0 Å². The fourth-order valence-corrected chi connectivity index (χ4v) is 6.37. The van der Waals surface area contributed by atoms with Gasteiger partial charge in [-0.05, 0) is 12.8 Å². The summed E-state index contributed by atoms with van der Waals surface area (Å²) in [5.41, 5.74) is 0. The lowest BCUT2D eigenvalue weighted by Crippen LogP contribution is -2.41. The Morgan fingerprint density at radius 1 is 0.531 bits per heavy atom. The molecule has 1 unspecified atom stereocenters. The molecule has 0 aliphatic carbocycles. The third-order valence-corrected chi connectivity index (χ3v) is 10.3. The summed E-state index contributed by atoms with van der Waals surface area (Å²) < 4.78 is 29.2. The molecule has 64 heavy (non-hydrogen) atoms. The lowest BCUT2D eigenvalue weighted by molar-refractivity contribution is -0.503. The van der Waals surface area contributed by atoms with Crippen molar-refractivity contribution in [1.82, 2.24) is 10.6 Å². The lowest BCUT2D eigenvalue weighted by atomic mass is 10.0. The molecule has 3 N–H and O–H groups in total. The van der Waals surface area contributed by atoms with Crippen LogP contribution in [0.1, 0.15) is 135 Å². The van der Waals surface area contributed by atoms with E-state index in [2.05, 4.69) is 35.5 Å². The summed E-state index contributed by atoms with van der Waals surface area (Å²) in [6.07, 6.45) is 19.3. The normalized spacial score (nSPS) is 11.4. The highest BCUT2D eigenvalue weighted by molar-refractivity contribution is 5.84. The van der Waals surface area contributed by atoms with E-state index in [1.54, 1.807) is 0 Å². The molecule has 18 heteroatoms. The number of aliphatic hydroxyl groups excluding tert-OH is 1. The highest BCUT2D eigenvalue weighted by Crippen LogP contribution is 2.14. The van der Waals surface area contributed by atoms with Crippen molar-refractivity contribution in [1.29, 1.82) is 0 Å². The molecule has 366 valence electrons. The molecule has 18 nitrogen and oxygen atoms in total. The van der Waals surface area contributed by atoms with Crippen LogP contribution in [0.5, 0.6) is 0 Å². The first-order valence-electron chi connectivity index (χ1n) is 23.2. The topological polar surface area (TPSA) is 219 Å². The Balaban J connectivity index is 3.70. The third kappa shape index (κ3) is 35.3.